The van der Waals surface area contributed by atoms with Crippen LogP contribution in [0, 0.1) is 6.92 Å². The first kappa shape index (κ1) is 18.0. The molecule has 0 aliphatic rings. The Kier molecular flexibility index (Phi) is 5.27. The van der Waals surface area contributed by atoms with E-state index < -0.39 is 0 Å². The van der Waals surface area contributed by atoms with Crippen LogP contribution in [0.4, 0.5) is 0 Å². The number of ether oxygens (including phenoxy) is 2. The molecule has 3 heteroatoms. The Labute approximate surface area is 154 Å². The number of aryl methyl sites for hydroxylation is 1. The predicted molar refractivity (Wildman–Crippen MR) is 107 cm³/mol. The van der Waals surface area contributed by atoms with E-state index in [1.807, 2.05) is 19.1 Å². The maximum atomic E-state index is 11.8. The number of fused-ring (bicyclic) bond motifs is 2. The molecular formula is C23H24O3. The molecule has 26 heavy (non-hydrogen) atoms. The van der Waals surface area contributed by atoms with Crippen molar-refractivity contribution in [1.29, 1.82) is 0 Å². The molecule has 0 aromatic heterocycles. The molecule has 134 valence electrons. The molecule has 3 rings (SSSR count). The van der Waals surface area contributed by atoms with E-state index in [4.69, 9.17) is 9.47 Å². The molecule has 0 bridgehead atoms. The van der Waals surface area contributed by atoms with Gasteiger partial charge in [-0.1, -0.05) is 55.5 Å². The third kappa shape index (κ3) is 3.72. The first-order valence-corrected chi connectivity index (χ1v) is 8.91. The SMILES string of the molecule is C=C(C)C(=O)OC(CC)COc1c2ccccc2cc2ccc(C)cc12. The number of rotatable bonds is 6. The highest BCUT2D eigenvalue weighted by Gasteiger charge is 2.16. The Morgan fingerprint density at radius 1 is 1.08 bits per heavy atom. The highest BCUT2D eigenvalue weighted by atomic mass is 16.6. The minimum absolute atomic E-state index is 0.307. The van der Waals surface area contributed by atoms with Gasteiger partial charge in [-0.05, 0) is 43.2 Å². The maximum Gasteiger partial charge on any atom is 0.333 e. The third-order valence-corrected chi connectivity index (χ3v) is 4.46. The standard InChI is InChI=1S/C23H24O3/c1-5-19(26-23(24)15(2)3)14-25-22-20-9-7-6-8-17(20)13-18-11-10-16(4)12-21(18)22/h6-13,19H,2,5,14H2,1,3-4H3. The van der Waals surface area contributed by atoms with Crippen LogP contribution < -0.4 is 4.74 Å². The average molecular weight is 348 g/mol. The molecule has 0 spiro atoms. The smallest absolute Gasteiger partial charge is 0.333 e. The highest BCUT2D eigenvalue weighted by molar-refractivity contribution is 6.05. The average Bonchev–Trinajstić information content (AvgIpc) is 2.63. The third-order valence-electron chi connectivity index (χ3n) is 4.46. The lowest BCUT2D eigenvalue weighted by Crippen LogP contribution is -2.24. The van der Waals surface area contributed by atoms with E-state index in [-0.39, 0.29) is 12.1 Å². The van der Waals surface area contributed by atoms with Gasteiger partial charge in [0.05, 0.1) is 0 Å². The summed E-state index contributed by atoms with van der Waals surface area (Å²) in [7, 11) is 0. The van der Waals surface area contributed by atoms with Crippen LogP contribution in [-0.2, 0) is 9.53 Å². The van der Waals surface area contributed by atoms with Crippen LogP contribution in [0.1, 0.15) is 25.8 Å². The Balaban J connectivity index is 1.97. The van der Waals surface area contributed by atoms with Gasteiger partial charge in [-0.25, -0.2) is 4.79 Å². The van der Waals surface area contributed by atoms with Gasteiger partial charge in [0.15, 0.2) is 0 Å². The Hall–Kier alpha value is -2.81. The van der Waals surface area contributed by atoms with Crippen molar-refractivity contribution in [3.63, 3.8) is 0 Å². The highest BCUT2D eigenvalue weighted by Crippen LogP contribution is 2.35. The van der Waals surface area contributed by atoms with Gasteiger partial charge in [0.2, 0.25) is 0 Å². The molecule has 3 aromatic carbocycles. The minimum atomic E-state index is -0.376. The molecule has 0 aliphatic heterocycles. The van der Waals surface area contributed by atoms with Gasteiger partial charge in [-0.3, -0.25) is 0 Å². The molecule has 0 fully saturated rings. The van der Waals surface area contributed by atoms with E-state index >= 15 is 0 Å². The Morgan fingerprint density at radius 3 is 2.54 bits per heavy atom. The van der Waals surface area contributed by atoms with Crippen molar-refractivity contribution in [3.05, 3.63) is 66.2 Å². The fourth-order valence-electron chi connectivity index (χ4n) is 2.95. The van der Waals surface area contributed by atoms with Crippen molar-refractivity contribution in [1.82, 2.24) is 0 Å². The van der Waals surface area contributed by atoms with Crippen LogP contribution in [0.15, 0.2) is 60.7 Å². The lowest BCUT2D eigenvalue weighted by Gasteiger charge is -2.19. The molecular weight excluding hydrogens is 324 g/mol. The fourth-order valence-corrected chi connectivity index (χ4v) is 2.95. The molecule has 0 N–H and O–H groups in total. The summed E-state index contributed by atoms with van der Waals surface area (Å²) in [5.41, 5.74) is 1.58. The Bertz CT molecular complexity index is 972. The maximum absolute atomic E-state index is 11.8. The number of carbonyl (C=O) groups is 1. The van der Waals surface area contributed by atoms with Crippen molar-refractivity contribution in [2.45, 2.75) is 33.3 Å². The number of hydrogen-bond acceptors (Lipinski definition) is 3. The number of benzene rings is 3. The molecule has 0 saturated carbocycles. The fraction of sp³-hybridized carbons (Fsp3) is 0.261. The molecule has 1 unspecified atom stereocenters. The van der Waals surface area contributed by atoms with Crippen LogP contribution in [0.2, 0.25) is 0 Å². The van der Waals surface area contributed by atoms with Gasteiger partial charge in [-0.2, -0.15) is 0 Å². The first-order valence-electron chi connectivity index (χ1n) is 8.91. The second-order valence-corrected chi connectivity index (χ2v) is 6.68. The number of carbonyl (C=O) groups excluding carboxylic acids is 1. The zero-order valence-corrected chi connectivity index (χ0v) is 15.5. The number of hydrogen-bond donors (Lipinski definition) is 0. The lowest BCUT2D eigenvalue weighted by atomic mass is 10.0. The van der Waals surface area contributed by atoms with E-state index in [0.717, 1.165) is 27.3 Å². The Morgan fingerprint density at radius 2 is 1.81 bits per heavy atom. The van der Waals surface area contributed by atoms with Crippen LogP contribution in [0.3, 0.4) is 0 Å². The van der Waals surface area contributed by atoms with Gasteiger partial charge in [0.1, 0.15) is 18.5 Å². The van der Waals surface area contributed by atoms with Crippen molar-refractivity contribution >= 4 is 27.5 Å². The summed E-state index contributed by atoms with van der Waals surface area (Å²) in [5.74, 6) is 0.464. The van der Waals surface area contributed by atoms with Crippen molar-refractivity contribution in [2.24, 2.45) is 0 Å². The minimum Gasteiger partial charge on any atom is -0.488 e. The summed E-state index contributed by atoms with van der Waals surface area (Å²) in [6.07, 6.45) is 0.374. The van der Waals surface area contributed by atoms with E-state index in [1.165, 1.54) is 5.56 Å². The van der Waals surface area contributed by atoms with Crippen LogP contribution in [-0.4, -0.2) is 18.7 Å². The summed E-state index contributed by atoms with van der Waals surface area (Å²) in [4.78, 5) is 11.8. The van der Waals surface area contributed by atoms with Crippen LogP contribution >= 0.6 is 0 Å². The van der Waals surface area contributed by atoms with E-state index in [9.17, 15) is 4.79 Å². The van der Waals surface area contributed by atoms with E-state index in [1.54, 1.807) is 6.92 Å². The van der Waals surface area contributed by atoms with Gasteiger partial charge < -0.3 is 9.47 Å². The topological polar surface area (TPSA) is 35.5 Å². The van der Waals surface area contributed by atoms with E-state index in [0.29, 0.717) is 18.6 Å². The second kappa shape index (κ2) is 7.61. The number of esters is 1. The largest absolute Gasteiger partial charge is 0.488 e. The molecule has 3 nitrogen and oxygen atoms in total. The quantitative estimate of drug-likeness (QED) is 0.331. The molecule has 0 heterocycles. The van der Waals surface area contributed by atoms with Crippen LogP contribution in [0.25, 0.3) is 21.5 Å². The second-order valence-electron chi connectivity index (χ2n) is 6.68. The summed E-state index contributed by atoms with van der Waals surface area (Å²) >= 11 is 0. The molecule has 0 aliphatic carbocycles. The van der Waals surface area contributed by atoms with Crippen LogP contribution in [0.5, 0.6) is 5.75 Å². The first-order chi connectivity index (χ1) is 12.5. The zero-order valence-electron chi connectivity index (χ0n) is 15.5. The normalized spacial score (nSPS) is 12.1. The zero-order chi connectivity index (χ0) is 18.7. The summed E-state index contributed by atoms with van der Waals surface area (Å²) in [5, 5.41) is 4.40. The van der Waals surface area contributed by atoms with Gasteiger partial charge >= 0.3 is 5.97 Å². The van der Waals surface area contributed by atoms with Crippen molar-refractivity contribution < 1.29 is 14.3 Å². The molecule has 0 radical (unpaired) electrons. The lowest BCUT2D eigenvalue weighted by molar-refractivity contribution is -0.145. The summed E-state index contributed by atoms with van der Waals surface area (Å²) in [6, 6.07) is 16.7. The van der Waals surface area contributed by atoms with Gasteiger partial charge in [-0.15, -0.1) is 0 Å². The molecule has 0 saturated heterocycles. The van der Waals surface area contributed by atoms with Gasteiger partial charge in [0.25, 0.3) is 0 Å². The van der Waals surface area contributed by atoms with Crippen molar-refractivity contribution in [2.75, 3.05) is 6.61 Å². The van der Waals surface area contributed by atoms with Gasteiger partial charge in [0, 0.05) is 16.3 Å². The molecule has 1 atom stereocenters. The molecule has 3 aromatic rings. The predicted octanol–water partition coefficient (Wildman–Crippen LogP) is 5.58. The monoisotopic (exact) mass is 348 g/mol. The molecule has 0 amide bonds. The summed E-state index contributed by atoms with van der Waals surface area (Å²) in [6.45, 7) is 9.65. The van der Waals surface area contributed by atoms with E-state index in [2.05, 4.69) is 49.9 Å². The van der Waals surface area contributed by atoms with Crippen molar-refractivity contribution in [3.8, 4) is 5.75 Å². The summed E-state index contributed by atoms with van der Waals surface area (Å²) < 4.78 is 11.7.